The van der Waals surface area contributed by atoms with Crippen LogP contribution in [-0.4, -0.2) is 42.9 Å². The molecule has 1 unspecified atom stereocenters. The highest BCUT2D eigenvalue weighted by molar-refractivity contribution is 7.16. The number of hydrogen-bond donors (Lipinski definition) is 2. The summed E-state index contributed by atoms with van der Waals surface area (Å²) in [4.78, 5) is 30.0. The van der Waals surface area contributed by atoms with Gasteiger partial charge in [0.25, 0.3) is 5.91 Å². The van der Waals surface area contributed by atoms with Crippen LogP contribution in [0.15, 0.2) is 48.0 Å². The van der Waals surface area contributed by atoms with Gasteiger partial charge in [0.15, 0.2) is 5.13 Å². The van der Waals surface area contributed by atoms with E-state index in [-0.39, 0.29) is 23.8 Å². The van der Waals surface area contributed by atoms with Crippen LogP contribution in [0.1, 0.15) is 52.3 Å². The molecule has 37 heavy (non-hydrogen) atoms. The fraction of sp³-hybridized carbons (Fsp3) is 0.333. The number of hydrogen-bond acceptors (Lipinski definition) is 8. The number of carbonyl (C=O) groups excluding carboxylic acids is 1. The Bertz CT molecular complexity index is 1450. The maximum Gasteiger partial charge on any atom is 0.255 e. The van der Waals surface area contributed by atoms with E-state index in [0.717, 1.165) is 39.2 Å². The molecule has 190 valence electrons. The van der Waals surface area contributed by atoms with Crippen LogP contribution in [0.4, 0.5) is 15.3 Å². The Kier molecular flexibility index (Phi) is 6.05. The number of benzene rings is 1. The third-order valence-corrected chi connectivity index (χ3v) is 9.10. The lowest BCUT2D eigenvalue weighted by atomic mass is 9.80. The summed E-state index contributed by atoms with van der Waals surface area (Å²) in [7, 11) is 0. The number of nitrogens with zero attached hydrogens (tertiary/aromatic N) is 4. The molecule has 5 heterocycles. The van der Waals surface area contributed by atoms with Gasteiger partial charge in [-0.05, 0) is 56.5 Å². The predicted molar refractivity (Wildman–Crippen MR) is 143 cm³/mol. The van der Waals surface area contributed by atoms with Crippen molar-refractivity contribution in [3.05, 3.63) is 75.6 Å². The summed E-state index contributed by atoms with van der Waals surface area (Å²) in [6.07, 6.45) is 4.04. The molecule has 6 rings (SSSR count). The van der Waals surface area contributed by atoms with Gasteiger partial charge < -0.3 is 15.3 Å². The first kappa shape index (κ1) is 24.1. The molecule has 1 amide bonds. The smallest absolute Gasteiger partial charge is 0.255 e. The molecule has 2 fully saturated rings. The van der Waals surface area contributed by atoms with Gasteiger partial charge in [-0.3, -0.25) is 4.79 Å². The Morgan fingerprint density at radius 2 is 1.95 bits per heavy atom. The molecule has 0 radical (unpaired) electrons. The molecular weight excluding hydrogens is 509 g/mol. The first-order valence-corrected chi connectivity index (χ1v) is 13.9. The number of carbonyl (C=O) groups is 1. The van der Waals surface area contributed by atoms with Gasteiger partial charge in [-0.15, -0.1) is 22.7 Å². The molecule has 2 aliphatic rings. The van der Waals surface area contributed by atoms with Crippen LogP contribution < -0.4 is 5.32 Å². The Morgan fingerprint density at radius 3 is 2.59 bits per heavy atom. The summed E-state index contributed by atoms with van der Waals surface area (Å²) in [6, 6.07) is 9.54. The Hall–Kier alpha value is -3.21. The molecule has 2 aliphatic heterocycles. The van der Waals surface area contributed by atoms with Crippen molar-refractivity contribution in [2.75, 3.05) is 5.32 Å². The number of thiazole rings is 2. The molecule has 0 saturated carbocycles. The van der Waals surface area contributed by atoms with E-state index in [2.05, 4.69) is 20.3 Å². The van der Waals surface area contributed by atoms with Crippen molar-refractivity contribution in [2.24, 2.45) is 0 Å². The lowest BCUT2D eigenvalue weighted by molar-refractivity contribution is -0.0481. The number of amides is 1. The van der Waals surface area contributed by atoms with Crippen molar-refractivity contribution in [1.82, 2.24) is 19.9 Å². The maximum atomic E-state index is 13.8. The van der Waals surface area contributed by atoms with Crippen LogP contribution in [0, 0.1) is 19.7 Å². The van der Waals surface area contributed by atoms with Crippen LogP contribution in [0.2, 0.25) is 0 Å². The van der Waals surface area contributed by atoms with E-state index in [1.54, 1.807) is 41.8 Å². The lowest BCUT2D eigenvalue weighted by Crippen LogP contribution is -2.52. The fourth-order valence-electron chi connectivity index (χ4n) is 5.63. The van der Waals surface area contributed by atoms with E-state index in [1.807, 2.05) is 24.1 Å². The minimum atomic E-state index is -1.13. The van der Waals surface area contributed by atoms with Gasteiger partial charge in [0.05, 0.1) is 32.4 Å². The number of aromatic nitrogens is 3. The van der Waals surface area contributed by atoms with Crippen molar-refractivity contribution in [3.63, 3.8) is 0 Å². The van der Waals surface area contributed by atoms with Gasteiger partial charge in [0.1, 0.15) is 11.6 Å². The van der Waals surface area contributed by atoms with Crippen molar-refractivity contribution >= 4 is 39.5 Å². The number of halogens is 1. The van der Waals surface area contributed by atoms with E-state index >= 15 is 0 Å². The Morgan fingerprint density at radius 1 is 1.16 bits per heavy atom. The third-order valence-electron chi connectivity index (χ3n) is 7.25. The van der Waals surface area contributed by atoms with E-state index in [4.69, 9.17) is 0 Å². The monoisotopic (exact) mass is 535 g/mol. The summed E-state index contributed by atoms with van der Waals surface area (Å²) >= 11 is 3.12. The second-order valence-electron chi connectivity index (χ2n) is 9.79. The first-order valence-electron chi connectivity index (χ1n) is 12.2. The van der Waals surface area contributed by atoms with Crippen LogP contribution in [0.5, 0.6) is 0 Å². The van der Waals surface area contributed by atoms with Gasteiger partial charge in [-0.25, -0.2) is 19.3 Å². The Labute approximate surface area is 222 Å². The van der Waals surface area contributed by atoms with E-state index in [1.165, 1.54) is 23.5 Å². The molecule has 10 heteroatoms. The zero-order valence-electron chi connectivity index (χ0n) is 20.4. The largest absolute Gasteiger partial charge is 0.385 e. The number of pyridine rings is 1. The summed E-state index contributed by atoms with van der Waals surface area (Å²) in [5.41, 5.74) is 1.83. The van der Waals surface area contributed by atoms with Crippen LogP contribution in [-0.2, 0) is 5.60 Å². The van der Waals surface area contributed by atoms with E-state index in [9.17, 15) is 14.3 Å². The second kappa shape index (κ2) is 9.27. The predicted octanol–water partition coefficient (Wildman–Crippen LogP) is 5.82. The quantitative estimate of drug-likeness (QED) is 0.335. The molecule has 2 saturated heterocycles. The summed E-state index contributed by atoms with van der Waals surface area (Å²) < 4.78 is 13.8. The highest BCUT2D eigenvalue weighted by atomic mass is 32.1. The zero-order chi connectivity index (χ0) is 25.7. The van der Waals surface area contributed by atoms with E-state index < -0.39 is 5.60 Å². The number of aliphatic hydroxyl groups is 1. The van der Waals surface area contributed by atoms with Crippen LogP contribution in [0.3, 0.4) is 0 Å². The average Bonchev–Trinajstić information content (AvgIpc) is 3.55. The van der Waals surface area contributed by atoms with Gasteiger partial charge in [-0.1, -0.05) is 12.1 Å². The lowest BCUT2D eigenvalue weighted by Gasteiger charge is -2.44. The standard InChI is InChI=1S/C27H26FN5O2S2/c1-15-24(37-16(2)30-15)22-14-36-26(31-22)32-23-9-6-17(13-29-23)25(34)33-20-7-8-21(33)12-27(35,11-20)18-4-3-5-19(28)10-18/h3-6,9-10,13-14,20-21,35H,7-8,11-12H2,1-2H3,(H,29,31,32)/t20-,21+,27?. The van der Waals surface area contributed by atoms with Crippen LogP contribution >= 0.6 is 22.7 Å². The number of anilines is 2. The Balaban J connectivity index is 1.14. The van der Waals surface area contributed by atoms with Gasteiger partial charge in [-0.2, -0.15) is 0 Å². The van der Waals surface area contributed by atoms with Gasteiger partial charge in [0.2, 0.25) is 0 Å². The highest BCUT2D eigenvalue weighted by Crippen LogP contribution is 2.46. The van der Waals surface area contributed by atoms with Crippen molar-refractivity contribution < 1.29 is 14.3 Å². The second-order valence-corrected chi connectivity index (χ2v) is 11.9. The summed E-state index contributed by atoms with van der Waals surface area (Å²) in [6.45, 7) is 3.97. The minimum Gasteiger partial charge on any atom is -0.385 e. The molecule has 2 bridgehead atoms. The molecule has 0 aliphatic carbocycles. The first-order chi connectivity index (χ1) is 17.8. The number of fused-ring (bicyclic) bond motifs is 2. The summed E-state index contributed by atoms with van der Waals surface area (Å²) in [5.74, 6) is 0.163. The fourth-order valence-corrected chi connectivity index (χ4v) is 7.29. The minimum absolute atomic E-state index is 0.0829. The molecule has 1 aromatic carbocycles. The SMILES string of the molecule is Cc1nc(C)c(-c2csc(Nc3ccc(C(=O)N4[C@@H]5CC[C@H]4CC(O)(c4cccc(F)c4)C5)cn3)n2)s1. The maximum absolute atomic E-state index is 13.8. The molecule has 2 N–H and O–H groups in total. The molecule has 4 aromatic rings. The number of piperidine rings is 1. The zero-order valence-corrected chi connectivity index (χ0v) is 22.1. The number of nitrogens with one attached hydrogen (secondary N) is 1. The van der Waals surface area contributed by atoms with Gasteiger partial charge >= 0.3 is 0 Å². The third kappa shape index (κ3) is 4.54. The van der Waals surface area contributed by atoms with Crippen molar-refractivity contribution in [1.29, 1.82) is 0 Å². The number of aryl methyl sites for hydroxylation is 2. The average molecular weight is 536 g/mol. The topological polar surface area (TPSA) is 91.2 Å². The molecule has 3 aromatic heterocycles. The van der Waals surface area contributed by atoms with Gasteiger partial charge in [0, 0.05) is 36.5 Å². The molecule has 7 nitrogen and oxygen atoms in total. The summed E-state index contributed by atoms with van der Waals surface area (Å²) in [5, 5.41) is 18.3. The van der Waals surface area contributed by atoms with E-state index in [0.29, 0.717) is 29.8 Å². The molecular formula is C27H26FN5O2S2. The normalized spacial score (nSPS) is 22.9. The molecule has 3 atom stereocenters. The van der Waals surface area contributed by atoms with Crippen molar-refractivity contribution in [2.45, 2.75) is 57.2 Å². The number of rotatable bonds is 5. The highest BCUT2D eigenvalue weighted by Gasteiger charge is 2.50. The molecule has 0 spiro atoms. The van der Waals surface area contributed by atoms with Crippen molar-refractivity contribution in [3.8, 4) is 10.6 Å². The van der Waals surface area contributed by atoms with Crippen LogP contribution in [0.25, 0.3) is 10.6 Å².